The van der Waals surface area contributed by atoms with Crippen LogP contribution in [0, 0.1) is 0 Å². The molecule has 5 N–H and O–H groups in total. The summed E-state index contributed by atoms with van der Waals surface area (Å²) in [4.78, 5) is 12.3. The first kappa shape index (κ1) is 15.6. The Morgan fingerprint density at radius 1 is 1.36 bits per heavy atom. The molecule has 7 nitrogen and oxygen atoms in total. The standard InChI is InChI=1S/C18H20N6O/c1-20-17-16-15(21-9-22-16)12-7-14(24(2)18(12)23-17)11-5-3-4-10(6-11)13(19)8-25/h3-7,9,13,25H,8,19H2,1-2H3,(H,20,23)(H,21,22)/t13-/m0/s1. The van der Waals surface area contributed by atoms with E-state index < -0.39 is 0 Å². The van der Waals surface area contributed by atoms with Gasteiger partial charge in [0.2, 0.25) is 0 Å². The zero-order valence-electron chi connectivity index (χ0n) is 14.1. The Hall–Kier alpha value is -2.90. The minimum absolute atomic E-state index is 0.0838. The number of nitrogens with zero attached hydrogens (tertiary/aromatic N) is 3. The van der Waals surface area contributed by atoms with Gasteiger partial charge < -0.3 is 25.7 Å². The highest BCUT2D eigenvalue weighted by Gasteiger charge is 2.16. The molecule has 1 atom stereocenters. The summed E-state index contributed by atoms with van der Waals surface area (Å²) in [6.07, 6.45) is 1.68. The second-order valence-electron chi connectivity index (χ2n) is 6.08. The van der Waals surface area contributed by atoms with Crippen LogP contribution in [0.2, 0.25) is 0 Å². The average molecular weight is 336 g/mol. The third kappa shape index (κ3) is 2.36. The molecule has 4 aromatic rings. The zero-order chi connectivity index (χ0) is 17.6. The van der Waals surface area contributed by atoms with Crippen molar-refractivity contribution in [3.05, 3.63) is 42.2 Å². The lowest BCUT2D eigenvalue weighted by atomic mass is 10.0. The number of H-pyrrole nitrogens is 1. The number of pyridine rings is 1. The summed E-state index contributed by atoms with van der Waals surface area (Å²) in [5.41, 5.74) is 11.5. The van der Waals surface area contributed by atoms with Crippen molar-refractivity contribution in [3.63, 3.8) is 0 Å². The van der Waals surface area contributed by atoms with Gasteiger partial charge in [0.1, 0.15) is 16.7 Å². The van der Waals surface area contributed by atoms with Crippen LogP contribution in [0.4, 0.5) is 5.82 Å². The number of hydrogen-bond acceptors (Lipinski definition) is 5. The molecule has 0 fully saturated rings. The van der Waals surface area contributed by atoms with Gasteiger partial charge in [0.05, 0.1) is 24.7 Å². The number of rotatable bonds is 4. The largest absolute Gasteiger partial charge is 0.394 e. The van der Waals surface area contributed by atoms with E-state index in [1.165, 1.54) is 0 Å². The van der Waals surface area contributed by atoms with Crippen LogP contribution in [-0.4, -0.2) is 38.3 Å². The summed E-state index contributed by atoms with van der Waals surface area (Å²) in [6, 6.07) is 9.62. The molecule has 3 heterocycles. The molecule has 0 amide bonds. The second-order valence-corrected chi connectivity index (χ2v) is 6.08. The van der Waals surface area contributed by atoms with Crippen molar-refractivity contribution in [3.8, 4) is 11.3 Å². The molecule has 0 aliphatic heterocycles. The zero-order valence-corrected chi connectivity index (χ0v) is 14.1. The Kier molecular flexibility index (Phi) is 3.67. The van der Waals surface area contributed by atoms with Crippen LogP contribution in [0.25, 0.3) is 33.3 Å². The fraction of sp³-hybridized carbons (Fsp3) is 0.222. The summed E-state index contributed by atoms with van der Waals surface area (Å²) in [5.74, 6) is 0.767. The van der Waals surface area contributed by atoms with Gasteiger partial charge in [-0.15, -0.1) is 0 Å². The molecule has 0 unspecified atom stereocenters. The van der Waals surface area contributed by atoms with Crippen molar-refractivity contribution in [1.29, 1.82) is 0 Å². The van der Waals surface area contributed by atoms with Gasteiger partial charge in [0, 0.05) is 19.5 Å². The average Bonchev–Trinajstić information content (AvgIpc) is 3.25. The maximum Gasteiger partial charge on any atom is 0.154 e. The molecule has 7 heteroatoms. The lowest BCUT2D eigenvalue weighted by Crippen LogP contribution is -2.14. The van der Waals surface area contributed by atoms with Gasteiger partial charge in [0.15, 0.2) is 5.82 Å². The van der Waals surface area contributed by atoms with Gasteiger partial charge in [-0.2, -0.15) is 0 Å². The number of imidazole rings is 1. The number of aliphatic hydroxyl groups is 1. The number of nitrogens with one attached hydrogen (secondary N) is 2. The fourth-order valence-corrected chi connectivity index (χ4v) is 3.24. The van der Waals surface area contributed by atoms with Crippen molar-refractivity contribution in [2.75, 3.05) is 19.0 Å². The number of anilines is 1. The van der Waals surface area contributed by atoms with Gasteiger partial charge in [0.25, 0.3) is 0 Å². The molecular formula is C18H20N6O. The molecule has 0 saturated carbocycles. The number of aromatic nitrogens is 4. The molecule has 25 heavy (non-hydrogen) atoms. The molecule has 0 aliphatic carbocycles. The van der Waals surface area contributed by atoms with Gasteiger partial charge in [-0.3, -0.25) is 0 Å². The van der Waals surface area contributed by atoms with Crippen LogP contribution >= 0.6 is 0 Å². The van der Waals surface area contributed by atoms with Crippen LogP contribution < -0.4 is 11.1 Å². The molecule has 1 aromatic carbocycles. The topological polar surface area (TPSA) is 105 Å². The van der Waals surface area contributed by atoms with Gasteiger partial charge in [-0.1, -0.05) is 18.2 Å². The summed E-state index contributed by atoms with van der Waals surface area (Å²) >= 11 is 0. The second kappa shape index (κ2) is 5.87. The van der Waals surface area contributed by atoms with Crippen molar-refractivity contribution in [1.82, 2.24) is 19.5 Å². The van der Waals surface area contributed by atoms with Gasteiger partial charge in [-0.05, 0) is 23.3 Å². The third-order valence-electron chi connectivity index (χ3n) is 4.59. The Morgan fingerprint density at radius 2 is 2.20 bits per heavy atom. The van der Waals surface area contributed by atoms with Gasteiger partial charge in [-0.25, -0.2) is 9.97 Å². The number of hydrogen-bond donors (Lipinski definition) is 4. The Bertz CT molecular complexity index is 1060. The van der Waals surface area contributed by atoms with E-state index in [0.29, 0.717) is 0 Å². The van der Waals surface area contributed by atoms with Crippen LogP contribution in [-0.2, 0) is 7.05 Å². The highest BCUT2D eigenvalue weighted by Crippen LogP contribution is 2.33. The third-order valence-corrected chi connectivity index (χ3v) is 4.59. The summed E-state index contributed by atoms with van der Waals surface area (Å²) in [6.45, 7) is -0.0838. The predicted molar refractivity (Wildman–Crippen MR) is 99.4 cm³/mol. The van der Waals surface area contributed by atoms with E-state index in [0.717, 1.165) is 44.7 Å². The first-order chi connectivity index (χ1) is 12.1. The number of aliphatic hydroxyl groups excluding tert-OH is 1. The maximum atomic E-state index is 9.31. The SMILES string of the molecule is CNc1nc2c(cc(-c3cccc([C@@H](N)CO)c3)n2C)c2nc[nH]c12. The molecule has 3 aromatic heterocycles. The normalized spacial score (nSPS) is 12.8. The highest BCUT2D eigenvalue weighted by atomic mass is 16.3. The van der Waals surface area contributed by atoms with Crippen LogP contribution in [0.3, 0.4) is 0 Å². The van der Waals surface area contributed by atoms with Crippen LogP contribution in [0.15, 0.2) is 36.7 Å². The van der Waals surface area contributed by atoms with E-state index in [9.17, 15) is 5.11 Å². The van der Waals surface area contributed by atoms with E-state index in [1.54, 1.807) is 6.33 Å². The summed E-state index contributed by atoms with van der Waals surface area (Å²) < 4.78 is 2.05. The molecule has 0 radical (unpaired) electrons. The molecule has 0 aliphatic rings. The Morgan fingerprint density at radius 3 is 2.96 bits per heavy atom. The number of nitrogens with two attached hydrogens (primary N) is 1. The van der Waals surface area contributed by atoms with Gasteiger partial charge >= 0.3 is 0 Å². The molecule has 0 saturated heterocycles. The molecule has 4 rings (SSSR count). The quantitative estimate of drug-likeness (QED) is 0.457. The van der Waals surface area contributed by atoms with E-state index in [1.807, 2.05) is 42.9 Å². The minimum Gasteiger partial charge on any atom is -0.394 e. The maximum absolute atomic E-state index is 9.31. The van der Waals surface area contributed by atoms with Crippen LogP contribution in [0.5, 0.6) is 0 Å². The highest BCUT2D eigenvalue weighted by molar-refractivity contribution is 6.07. The fourth-order valence-electron chi connectivity index (χ4n) is 3.24. The predicted octanol–water partition coefficient (Wildman–Crippen LogP) is 2.15. The van der Waals surface area contributed by atoms with E-state index in [4.69, 9.17) is 10.7 Å². The first-order valence-electron chi connectivity index (χ1n) is 8.11. The summed E-state index contributed by atoms with van der Waals surface area (Å²) in [7, 11) is 3.83. The van der Waals surface area contributed by atoms with E-state index >= 15 is 0 Å². The van der Waals surface area contributed by atoms with Crippen molar-refractivity contribution < 1.29 is 5.11 Å². The van der Waals surface area contributed by atoms with Crippen molar-refractivity contribution >= 4 is 27.9 Å². The number of aromatic amines is 1. The summed E-state index contributed by atoms with van der Waals surface area (Å²) in [5, 5.41) is 13.4. The molecular weight excluding hydrogens is 316 g/mol. The number of aryl methyl sites for hydroxylation is 1. The lowest BCUT2D eigenvalue weighted by Gasteiger charge is -2.11. The van der Waals surface area contributed by atoms with Crippen LogP contribution in [0.1, 0.15) is 11.6 Å². The molecule has 0 bridgehead atoms. The number of fused-ring (bicyclic) bond motifs is 3. The Labute approximate surface area is 144 Å². The Balaban J connectivity index is 1.96. The molecule has 0 spiro atoms. The smallest absolute Gasteiger partial charge is 0.154 e. The van der Waals surface area contributed by atoms with Crippen molar-refractivity contribution in [2.24, 2.45) is 12.8 Å². The first-order valence-corrected chi connectivity index (χ1v) is 8.11. The van der Waals surface area contributed by atoms with Crippen molar-refractivity contribution in [2.45, 2.75) is 6.04 Å². The molecule has 128 valence electrons. The monoisotopic (exact) mass is 336 g/mol. The number of benzene rings is 1. The van der Waals surface area contributed by atoms with E-state index in [2.05, 4.69) is 21.4 Å². The van der Waals surface area contributed by atoms with E-state index in [-0.39, 0.29) is 12.6 Å². The lowest BCUT2D eigenvalue weighted by molar-refractivity contribution is 0.268. The minimum atomic E-state index is -0.387.